The van der Waals surface area contributed by atoms with Crippen LogP contribution in [-0.2, 0) is 16.0 Å². The molecule has 0 spiro atoms. The van der Waals surface area contributed by atoms with Gasteiger partial charge in [-0.2, -0.15) is 0 Å². The second kappa shape index (κ2) is 15.8. The Bertz CT molecular complexity index is 716. The van der Waals surface area contributed by atoms with Crippen molar-refractivity contribution in [1.82, 2.24) is 0 Å². The summed E-state index contributed by atoms with van der Waals surface area (Å²) >= 11 is 1.85. The highest BCUT2D eigenvalue weighted by molar-refractivity contribution is 7.12. The lowest BCUT2D eigenvalue weighted by atomic mass is 9.85. The fraction of sp³-hybridized carbons (Fsp3) is 0.600. The fourth-order valence-electron chi connectivity index (χ4n) is 3.62. The molecule has 6 nitrogen and oxygen atoms in total. The topological polar surface area (TPSA) is 121 Å². The lowest BCUT2D eigenvalue weighted by Crippen LogP contribution is -2.40. The average molecular weight is 466 g/mol. The lowest BCUT2D eigenvalue weighted by Gasteiger charge is -2.21. The third-order valence-corrected chi connectivity index (χ3v) is 6.70. The molecule has 7 heteroatoms. The monoisotopic (exact) mass is 465 g/mol. The third kappa shape index (κ3) is 14.2. The molecule has 180 valence electrons. The molecule has 1 aliphatic carbocycles. The van der Waals surface area contributed by atoms with Crippen molar-refractivity contribution in [2.45, 2.75) is 83.1 Å². The number of aliphatic hydroxyl groups is 1. The van der Waals surface area contributed by atoms with Gasteiger partial charge < -0.3 is 21.1 Å². The van der Waals surface area contributed by atoms with Crippen LogP contribution >= 0.6 is 11.3 Å². The zero-order chi connectivity index (χ0) is 23.8. The molecule has 0 aliphatic heterocycles. The minimum Gasteiger partial charge on any atom is -0.478 e. The standard InChI is InChI=1S/C21H35NOS.C4H4O4/c1-21(22,17-23)16-15-20-14-13-19(24-20)12-8-3-2-5-9-18-10-6-4-7-11-18;5-3(6)1-2-4(7)8/h8,12-14,18,23H,2-7,9-11,15-17,22H2,1H3;1-2H,(H,5,6)(H,7,8). The first kappa shape index (κ1) is 28.1. The molecule has 0 aromatic carbocycles. The van der Waals surface area contributed by atoms with E-state index in [9.17, 15) is 14.7 Å². The van der Waals surface area contributed by atoms with Gasteiger partial charge in [-0.15, -0.1) is 11.3 Å². The van der Waals surface area contributed by atoms with Crippen LogP contribution in [0, 0.1) is 5.92 Å². The van der Waals surface area contributed by atoms with Crippen molar-refractivity contribution in [3.63, 3.8) is 0 Å². The van der Waals surface area contributed by atoms with Crippen LogP contribution in [0.1, 0.15) is 80.9 Å². The van der Waals surface area contributed by atoms with Crippen LogP contribution in [0.25, 0.3) is 6.08 Å². The predicted octanol–water partition coefficient (Wildman–Crippen LogP) is 5.26. The second-order valence-electron chi connectivity index (χ2n) is 8.82. The van der Waals surface area contributed by atoms with Gasteiger partial charge in [-0.1, -0.05) is 51.0 Å². The zero-order valence-corrected chi connectivity index (χ0v) is 20.0. The lowest BCUT2D eigenvalue weighted by molar-refractivity contribution is -0.134. The van der Waals surface area contributed by atoms with Gasteiger partial charge in [-0.05, 0) is 56.7 Å². The Kier molecular flexibility index (Phi) is 13.8. The van der Waals surface area contributed by atoms with E-state index >= 15 is 0 Å². The van der Waals surface area contributed by atoms with Crippen LogP contribution in [0.2, 0.25) is 0 Å². The Labute approximate surface area is 195 Å². The highest BCUT2D eigenvalue weighted by Gasteiger charge is 2.17. The van der Waals surface area contributed by atoms with Gasteiger partial charge in [0.2, 0.25) is 0 Å². The number of aliphatic hydroxyl groups excluding tert-OH is 1. The highest BCUT2D eigenvalue weighted by Crippen LogP contribution is 2.28. The number of rotatable bonds is 12. The van der Waals surface area contributed by atoms with E-state index in [1.165, 1.54) is 67.5 Å². The first-order valence-electron chi connectivity index (χ1n) is 11.5. The Hall–Kier alpha value is -1.96. The summed E-state index contributed by atoms with van der Waals surface area (Å²) < 4.78 is 0. The number of nitrogens with two attached hydrogens (primary N) is 1. The van der Waals surface area contributed by atoms with E-state index in [-0.39, 0.29) is 6.61 Å². The molecule has 1 atom stereocenters. The number of aryl methyl sites for hydroxylation is 1. The largest absolute Gasteiger partial charge is 0.478 e. The summed E-state index contributed by atoms with van der Waals surface area (Å²) in [5.41, 5.74) is 5.53. The Balaban J connectivity index is 0.000000547. The number of thiophene rings is 1. The third-order valence-electron chi connectivity index (χ3n) is 5.59. The summed E-state index contributed by atoms with van der Waals surface area (Å²) in [7, 11) is 0. The molecule has 1 unspecified atom stereocenters. The van der Waals surface area contributed by atoms with Gasteiger partial charge in [-0.25, -0.2) is 9.59 Å². The minimum atomic E-state index is -1.26. The van der Waals surface area contributed by atoms with Crippen molar-refractivity contribution in [3.05, 3.63) is 40.1 Å². The molecule has 1 heterocycles. The predicted molar refractivity (Wildman–Crippen MR) is 131 cm³/mol. The summed E-state index contributed by atoms with van der Waals surface area (Å²) in [5, 5.41) is 24.8. The van der Waals surface area contributed by atoms with Crippen molar-refractivity contribution in [2.75, 3.05) is 6.61 Å². The van der Waals surface area contributed by atoms with E-state index in [0.717, 1.165) is 18.8 Å². The molecule has 1 aromatic heterocycles. The molecule has 0 amide bonds. The quantitative estimate of drug-likeness (QED) is 0.247. The van der Waals surface area contributed by atoms with Crippen molar-refractivity contribution in [3.8, 4) is 0 Å². The van der Waals surface area contributed by atoms with Crippen molar-refractivity contribution in [2.24, 2.45) is 11.7 Å². The number of unbranched alkanes of at least 4 members (excludes halogenated alkanes) is 2. The van der Waals surface area contributed by atoms with Gasteiger partial charge in [0.05, 0.1) is 6.61 Å². The fourth-order valence-corrected chi connectivity index (χ4v) is 4.56. The molecule has 1 aliphatic rings. The second-order valence-corrected chi connectivity index (χ2v) is 10.0. The smallest absolute Gasteiger partial charge is 0.328 e. The Morgan fingerprint density at radius 3 is 2.38 bits per heavy atom. The number of hydrogen-bond donors (Lipinski definition) is 4. The molecular formula is C25H39NO5S. The van der Waals surface area contributed by atoms with Gasteiger partial charge in [0, 0.05) is 27.4 Å². The van der Waals surface area contributed by atoms with Crippen LogP contribution in [-0.4, -0.2) is 39.4 Å². The van der Waals surface area contributed by atoms with Gasteiger partial charge in [0.15, 0.2) is 0 Å². The van der Waals surface area contributed by atoms with Gasteiger partial charge in [0.25, 0.3) is 0 Å². The van der Waals surface area contributed by atoms with E-state index in [1.807, 2.05) is 18.3 Å². The zero-order valence-electron chi connectivity index (χ0n) is 19.2. The molecule has 1 aromatic rings. The molecular weight excluding hydrogens is 426 g/mol. The van der Waals surface area contributed by atoms with Crippen LogP contribution in [0.4, 0.5) is 0 Å². The van der Waals surface area contributed by atoms with Crippen LogP contribution in [0.5, 0.6) is 0 Å². The Morgan fingerprint density at radius 2 is 1.78 bits per heavy atom. The van der Waals surface area contributed by atoms with E-state index < -0.39 is 17.5 Å². The van der Waals surface area contributed by atoms with Crippen molar-refractivity contribution < 1.29 is 24.9 Å². The van der Waals surface area contributed by atoms with E-state index in [1.54, 1.807) is 0 Å². The SMILES string of the molecule is CC(N)(CO)CCc1ccc(C=CCCCCC2CCCCC2)s1.O=C(O)C=CC(=O)O. The maximum absolute atomic E-state index is 9.55. The minimum absolute atomic E-state index is 0.0476. The molecule has 1 saturated carbocycles. The van der Waals surface area contributed by atoms with Gasteiger partial charge in [0.1, 0.15) is 0 Å². The first-order valence-corrected chi connectivity index (χ1v) is 12.3. The normalized spacial score (nSPS) is 16.6. The summed E-state index contributed by atoms with van der Waals surface area (Å²) in [4.78, 5) is 21.8. The van der Waals surface area contributed by atoms with E-state index in [0.29, 0.717) is 12.2 Å². The summed E-state index contributed by atoms with van der Waals surface area (Å²) in [5.74, 6) is -1.49. The first-order chi connectivity index (χ1) is 15.2. The molecule has 0 bridgehead atoms. The van der Waals surface area contributed by atoms with Crippen molar-refractivity contribution >= 4 is 29.4 Å². The molecule has 0 radical (unpaired) electrons. The molecule has 2 rings (SSSR count). The highest BCUT2D eigenvalue weighted by atomic mass is 32.1. The Morgan fingerprint density at radius 1 is 1.12 bits per heavy atom. The molecule has 1 fully saturated rings. The molecule has 0 saturated heterocycles. The van der Waals surface area contributed by atoms with E-state index in [4.69, 9.17) is 15.9 Å². The average Bonchev–Trinajstić information content (AvgIpc) is 3.22. The number of aliphatic carboxylic acids is 2. The summed E-state index contributed by atoms with van der Waals surface area (Å²) in [6, 6.07) is 4.40. The number of carbonyl (C=O) groups is 2. The van der Waals surface area contributed by atoms with Crippen LogP contribution in [0.3, 0.4) is 0 Å². The number of carboxylic acid groups (broad SMARTS) is 2. The van der Waals surface area contributed by atoms with Gasteiger partial charge >= 0.3 is 11.9 Å². The summed E-state index contributed by atoms with van der Waals surface area (Å²) in [6.07, 6.45) is 20.2. The molecule has 32 heavy (non-hydrogen) atoms. The maximum Gasteiger partial charge on any atom is 0.328 e. The molecule has 5 N–H and O–H groups in total. The number of hydrogen-bond acceptors (Lipinski definition) is 5. The van der Waals surface area contributed by atoms with Crippen LogP contribution in [0.15, 0.2) is 30.4 Å². The van der Waals surface area contributed by atoms with E-state index in [2.05, 4.69) is 24.3 Å². The number of allylic oxidation sites excluding steroid dienone is 1. The number of carboxylic acids is 2. The maximum atomic E-state index is 9.55. The van der Waals surface area contributed by atoms with Crippen molar-refractivity contribution in [1.29, 1.82) is 0 Å². The van der Waals surface area contributed by atoms with Gasteiger partial charge in [-0.3, -0.25) is 0 Å². The summed E-state index contributed by atoms with van der Waals surface area (Å²) in [6.45, 7) is 1.96. The van der Waals surface area contributed by atoms with Crippen LogP contribution < -0.4 is 5.73 Å².